The van der Waals surface area contributed by atoms with Crippen molar-refractivity contribution in [3.05, 3.63) is 38.8 Å². The predicted octanol–water partition coefficient (Wildman–Crippen LogP) is 4.78. The number of anilines is 1. The van der Waals surface area contributed by atoms with Crippen molar-refractivity contribution in [2.45, 2.75) is 83.9 Å². The minimum Gasteiger partial charge on any atom is -0.382 e. The lowest BCUT2D eigenvalue weighted by molar-refractivity contribution is -0.115. The number of rotatable bonds is 9. The third-order valence-corrected chi connectivity index (χ3v) is 10.6. The third kappa shape index (κ3) is 6.04. The molecule has 4 aliphatic rings. The zero-order valence-electron chi connectivity index (χ0n) is 24.4. The van der Waals surface area contributed by atoms with Gasteiger partial charge < -0.3 is 19.3 Å². The summed E-state index contributed by atoms with van der Waals surface area (Å²) in [4.78, 5) is 34.8. The maximum Gasteiger partial charge on any atom is 0.255 e. The van der Waals surface area contributed by atoms with E-state index in [1.807, 2.05) is 30.1 Å². The smallest absolute Gasteiger partial charge is 0.255 e. The van der Waals surface area contributed by atoms with Crippen molar-refractivity contribution in [2.24, 2.45) is 0 Å². The maximum absolute atomic E-state index is 13.8. The van der Waals surface area contributed by atoms with E-state index in [-0.39, 0.29) is 11.7 Å². The van der Waals surface area contributed by atoms with Crippen LogP contribution in [0.4, 0.5) is 5.00 Å². The Kier molecular flexibility index (Phi) is 8.96. The summed E-state index contributed by atoms with van der Waals surface area (Å²) in [6.45, 7) is 10.7. The molecule has 39 heavy (non-hydrogen) atoms. The summed E-state index contributed by atoms with van der Waals surface area (Å²) in [5.41, 5.74) is 4.91. The number of carbonyl (C=O) groups excluding carboxylic acids is 2. The zero-order chi connectivity index (χ0) is 27.7. The number of ether oxygens (including phenoxy) is 2. The highest BCUT2D eigenvalue weighted by Gasteiger charge is 2.37. The predicted molar refractivity (Wildman–Crippen MR) is 157 cm³/mol. The summed E-state index contributed by atoms with van der Waals surface area (Å²) in [6.07, 6.45) is 9.58. The van der Waals surface area contributed by atoms with Gasteiger partial charge in [0, 0.05) is 69.3 Å². The number of aryl methyl sites for hydroxylation is 1. The molecule has 1 saturated carbocycles. The van der Waals surface area contributed by atoms with Gasteiger partial charge in [-0.1, -0.05) is 11.6 Å². The van der Waals surface area contributed by atoms with Crippen molar-refractivity contribution in [3.8, 4) is 0 Å². The maximum atomic E-state index is 13.8. The Labute approximate surface area is 237 Å². The summed E-state index contributed by atoms with van der Waals surface area (Å²) < 4.78 is 11.0. The Bertz CT molecular complexity index is 1140. The molecule has 7 nitrogen and oxygen atoms in total. The van der Waals surface area contributed by atoms with E-state index in [9.17, 15) is 9.59 Å². The Hall–Kier alpha value is -2.00. The van der Waals surface area contributed by atoms with Gasteiger partial charge in [0.05, 0.1) is 29.9 Å². The number of thiophene rings is 1. The normalized spacial score (nSPS) is 24.9. The van der Waals surface area contributed by atoms with Gasteiger partial charge in [-0.05, 0) is 70.4 Å². The molecule has 1 amide bonds. The van der Waals surface area contributed by atoms with Gasteiger partial charge >= 0.3 is 0 Å². The van der Waals surface area contributed by atoms with E-state index < -0.39 is 0 Å². The number of Topliss-reactive ketones (excluding diaryl/α,β-unsaturated/α-hetero) is 1. The summed E-state index contributed by atoms with van der Waals surface area (Å²) in [5, 5.41) is 1.25. The number of likely N-dealkylation sites (tertiary alicyclic amines) is 1. The van der Waals surface area contributed by atoms with Gasteiger partial charge in [0.25, 0.3) is 5.91 Å². The molecule has 2 aliphatic carbocycles. The third-order valence-electron chi connectivity index (χ3n) is 9.16. The van der Waals surface area contributed by atoms with E-state index in [2.05, 4.69) is 29.8 Å². The minimum absolute atomic E-state index is 0.0963. The van der Waals surface area contributed by atoms with Gasteiger partial charge in [0.15, 0.2) is 5.78 Å². The Balaban J connectivity index is 1.21. The molecule has 0 spiro atoms. The number of fused-ring (bicyclic) bond motifs is 1. The lowest BCUT2D eigenvalue weighted by Crippen LogP contribution is -2.58. The van der Waals surface area contributed by atoms with E-state index in [1.165, 1.54) is 35.6 Å². The summed E-state index contributed by atoms with van der Waals surface area (Å²) >= 11 is 1.82. The number of ketones is 1. The summed E-state index contributed by atoms with van der Waals surface area (Å²) in [6, 6.07) is 1.17. The van der Waals surface area contributed by atoms with E-state index >= 15 is 0 Å². The van der Waals surface area contributed by atoms with Crippen LogP contribution in [0.3, 0.4) is 0 Å². The molecule has 2 fully saturated rings. The van der Waals surface area contributed by atoms with Crippen molar-refractivity contribution in [2.75, 3.05) is 58.5 Å². The van der Waals surface area contributed by atoms with Crippen LogP contribution in [0.25, 0.3) is 0 Å². The Morgan fingerprint density at radius 1 is 1.08 bits per heavy atom. The molecule has 0 radical (unpaired) electrons. The van der Waals surface area contributed by atoms with Crippen LogP contribution in [0.15, 0.2) is 22.8 Å². The molecule has 0 bridgehead atoms. The Morgan fingerprint density at radius 2 is 1.82 bits per heavy atom. The number of methoxy groups -OCH3 is 1. The molecular formula is C31H45N3O4S. The van der Waals surface area contributed by atoms with Gasteiger partial charge in [-0.3, -0.25) is 14.5 Å². The summed E-state index contributed by atoms with van der Waals surface area (Å²) in [7, 11) is 3.93. The first kappa shape index (κ1) is 28.5. The molecule has 0 unspecified atom stereocenters. The van der Waals surface area contributed by atoms with Crippen LogP contribution in [0.2, 0.25) is 0 Å². The van der Waals surface area contributed by atoms with Gasteiger partial charge in [0.2, 0.25) is 0 Å². The first-order valence-electron chi connectivity index (χ1n) is 14.7. The van der Waals surface area contributed by atoms with Crippen molar-refractivity contribution in [1.82, 2.24) is 9.80 Å². The van der Waals surface area contributed by atoms with Crippen LogP contribution in [-0.2, 0) is 20.7 Å². The molecule has 5 rings (SSSR count). The average Bonchev–Trinajstić information content (AvgIpc) is 3.12. The van der Waals surface area contributed by atoms with Crippen molar-refractivity contribution in [3.63, 3.8) is 0 Å². The molecule has 214 valence electrons. The fourth-order valence-electron chi connectivity index (χ4n) is 6.83. The molecule has 8 heteroatoms. The number of allylic oxidation sites excluding steroid dienone is 3. The van der Waals surface area contributed by atoms with E-state index in [0.717, 1.165) is 53.8 Å². The van der Waals surface area contributed by atoms with E-state index in [0.29, 0.717) is 50.9 Å². The number of hydrogen-bond acceptors (Lipinski definition) is 7. The molecule has 0 N–H and O–H groups in total. The summed E-state index contributed by atoms with van der Waals surface area (Å²) in [5.74, 6) is 0.259. The lowest BCUT2D eigenvalue weighted by atomic mass is 9.87. The number of hydrogen-bond donors (Lipinski definition) is 0. The first-order valence-corrected chi connectivity index (χ1v) is 15.5. The van der Waals surface area contributed by atoms with Crippen LogP contribution in [0, 0.1) is 6.92 Å². The first-order chi connectivity index (χ1) is 18.8. The zero-order valence-corrected chi connectivity index (χ0v) is 25.2. The van der Waals surface area contributed by atoms with Gasteiger partial charge in [-0.25, -0.2) is 0 Å². The minimum atomic E-state index is 0.0963. The van der Waals surface area contributed by atoms with Gasteiger partial charge in [-0.2, -0.15) is 0 Å². The topological polar surface area (TPSA) is 62.3 Å². The number of amides is 1. The quantitative estimate of drug-likeness (QED) is 0.409. The highest BCUT2D eigenvalue weighted by atomic mass is 32.1. The molecule has 1 saturated heterocycles. The Morgan fingerprint density at radius 3 is 2.51 bits per heavy atom. The molecule has 1 aromatic rings. The lowest BCUT2D eigenvalue weighted by Gasteiger charge is -2.47. The van der Waals surface area contributed by atoms with Crippen LogP contribution < -0.4 is 4.90 Å². The van der Waals surface area contributed by atoms with E-state index in [1.54, 1.807) is 7.11 Å². The van der Waals surface area contributed by atoms with Crippen LogP contribution >= 0.6 is 11.3 Å². The van der Waals surface area contributed by atoms with Crippen LogP contribution in [0.1, 0.15) is 73.2 Å². The van der Waals surface area contributed by atoms with Gasteiger partial charge in [0.1, 0.15) is 0 Å². The van der Waals surface area contributed by atoms with Gasteiger partial charge in [-0.15, -0.1) is 11.3 Å². The number of nitrogens with zero attached hydrogens (tertiary/aromatic N) is 3. The second-order valence-corrected chi connectivity index (χ2v) is 13.0. The standard InChI is InChI=1S/C31H45N3O4S/c1-20-15-21(2)26(27(35)16-20)19-33-12-6-7-28-29(30(33)36)22(3)31(39-28)32(4)23-8-10-24(11-9-23)34-17-25(18-34)38-14-13-37-5/h15,23-25H,6-14,16-19H2,1-5H3. The van der Waals surface area contributed by atoms with Crippen LogP contribution in [0.5, 0.6) is 0 Å². The largest absolute Gasteiger partial charge is 0.382 e. The van der Waals surface area contributed by atoms with Crippen molar-refractivity contribution in [1.29, 1.82) is 0 Å². The fraction of sp³-hybridized carbons (Fsp3) is 0.677. The second kappa shape index (κ2) is 12.2. The van der Waals surface area contributed by atoms with Crippen molar-refractivity contribution >= 4 is 28.0 Å². The molecule has 0 aromatic carbocycles. The molecule has 2 aliphatic heterocycles. The molecule has 0 atom stereocenters. The molecule has 3 heterocycles. The SMILES string of the molecule is COCCOC1CN(C2CCC(N(C)c3sc4c(c3C)C(=O)N(CC3=C(C)C=C(C)CC3=O)CCC4)CC2)C1. The van der Waals surface area contributed by atoms with Crippen LogP contribution in [-0.4, -0.2) is 93.2 Å². The van der Waals surface area contributed by atoms with Crippen molar-refractivity contribution < 1.29 is 19.1 Å². The molecular weight excluding hydrogens is 510 g/mol. The fourth-order valence-corrected chi connectivity index (χ4v) is 8.20. The second-order valence-electron chi connectivity index (χ2n) is 11.9. The van der Waals surface area contributed by atoms with E-state index in [4.69, 9.17) is 9.47 Å². The highest BCUT2D eigenvalue weighted by Crippen LogP contribution is 2.41. The monoisotopic (exact) mass is 555 g/mol. The highest BCUT2D eigenvalue weighted by molar-refractivity contribution is 7.16. The molecule has 1 aromatic heterocycles. The number of carbonyl (C=O) groups is 2. The average molecular weight is 556 g/mol.